The predicted octanol–water partition coefficient (Wildman–Crippen LogP) is 1.24. The van der Waals surface area contributed by atoms with Crippen LogP contribution in [-0.2, 0) is 0 Å². The minimum Gasteiger partial charge on any atom is -0.382 e. The number of anilines is 1. The minimum atomic E-state index is -1.95. The molecular formula is C9H5F3N6O2. The molecule has 0 fully saturated rings. The molecule has 1 aromatic carbocycles. The molecule has 0 amide bonds. The zero-order valence-corrected chi connectivity index (χ0v) is 9.45. The molecule has 1 rings (SSSR count). The van der Waals surface area contributed by atoms with Gasteiger partial charge < -0.3 is 5.73 Å². The lowest BCUT2D eigenvalue weighted by Gasteiger charge is -2.05. The van der Waals surface area contributed by atoms with E-state index in [2.05, 4.69) is 5.10 Å². The van der Waals surface area contributed by atoms with E-state index < -0.39 is 45.3 Å². The molecule has 0 spiro atoms. The molecule has 8 nitrogen and oxygen atoms in total. The average molecular weight is 286 g/mol. The van der Waals surface area contributed by atoms with Crippen LogP contribution in [0.4, 0.5) is 24.5 Å². The number of amidine groups is 1. The molecule has 0 heterocycles. The lowest BCUT2D eigenvalue weighted by atomic mass is 10.2. The second-order valence-corrected chi connectivity index (χ2v) is 3.24. The van der Waals surface area contributed by atoms with Crippen molar-refractivity contribution in [1.29, 1.82) is 10.7 Å². The standard InChI is InChI=1S/C9H5F3N6O2/c10-3-1-5(18(19)20)8(7(12)6(3)11)17-16-4(2-13)9(14)15/h1,17H,(H3,14,15)/b16-4+. The fourth-order valence-corrected chi connectivity index (χ4v) is 1.09. The van der Waals surface area contributed by atoms with Gasteiger partial charge >= 0.3 is 0 Å². The summed E-state index contributed by atoms with van der Waals surface area (Å²) in [5, 5.41) is 29.2. The second-order valence-electron chi connectivity index (χ2n) is 3.24. The van der Waals surface area contributed by atoms with Gasteiger partial charge in [0.05, 0.1) is 11.0 Å². The Kier molecular flexibility index (Phi) is 4.21. The zero-order chi connectivity index (χ0) is 15.4. The number of hydrazone groups is 1. The van der Waals surface area contributed by atoms with E-state index in [0.29, 0.717) is 0 Å². The average Bonchev–Trinajstić information content (AvgIpc) is 2.38. The summed E-state index contributed by atoms with van der Waals surface area (Å²) in [6.45, 7) is 0. The third-order valence-electron chi connectivity index (χ3n) is 1.98. The Labute approximate surface area is 109 Å². The highest BCUT2D eigenvalue weighted by molar-refractivity contribution is 6.45. The molecule has 11 heteroatoms. The number of nitrogens with zero attached hydrogens (tertiary/aromatic N) is 3. The largest absolute Gasteiger partial charge is 0.382 e. The number of hydrogen-bond donors (Lipinski definition) is 3. The highest BCUT2D eigenvalue weighted by Gasteiger charge is 2.25. The Balaban J connectivity index is 3.38. The van der Waals surface area contributed by atoms with E-state index in [9.17, 15) is 23.3 Å². The molecule has 1 aromatic rings. The van der Waals surface area contributed by atoms with E-state index >= 15 is 0 Å². The summed E-state index contributed by atoms with van der Waals surface area (Å²) >= 11 is 0. The first-order valence-electron chi connectivity index (χ1n) is 4.69. The molecule has 0 radical (unpaired) electrons. The van der Waals surface area contributed by atoms with Crippen LogP contribution in [0.15, 0.2) is 11.2 Å². The van der Waals surface area contributed by atoms with E-state index in [-0.39, 0.29) is 6.07 Å². The molecule has 0 saturated heterocycles. The number of nitrogens with two attached hydrogens (primary N) is 1. The van der Waals surface area contributed by atoms with Crippen molar-refractivity contribution in [3.05, 3.63) is 33.6 Å². The van der Waals surface area contributed by atoms with E-state index in [0.717, 1.165) is 0 Å². The van der Waals surface area contributed by atoms with Gasteiger partial charge in [-0.1, -0.05) is 0 Å². The van der Waals surface area contributed by atoms with Crippen LogP contribution in [-0.4, -0.2) is 16.5 Å². The molecule has 4 N–H and O–H groups in total. The van der Waals surface area contributed by atoms with Crippen LogP contribution in [0.1, 0.15) is 0 Å². The van der Waals surface area contributed by atoms with Gasteiger partial charge in [0.15, 0.2) is 29.0 Å². The molecule has 0 unspecified atom stereocenters. The summed E-state index contributed by atoms with van der Waals surface area (Å²) in [5.41, 5.74) is 3.67. The van der Waals surface area contributed by atoms with E-state index in [4.69, 9.17) is 16.4 Å². The first-order valence-corrected chi connectivity index (χ1v) is 4.69. The smallest absolute Gasteiger partial charge is 0.300 e. The van der Waals surface area contributed by atoms with Crippen molar-refractivity contribution in [2.45, 2.75) is 0 Å². The molecule has 104 valence electrons. The summed E-state index contributed by atoms with van der Waals surface area (Å²) in [7, 11) is 0. The van der Waals surface area contributed by atoms with Crippen molar-refractivity contribution in [3.63, 3.8) is 0 Å². The summed E-state index contributed by atoms with van der Waals surface area (Å²) < 4.78 is 39.3. The van der Waals surface area contributed by atoms with Crippen LogP contribution >= 0.6 is 0 Å². The molecule has 0 aromatic heterocycles. The van der Waals surface area contributed by atoms with Crippen LogP contribution < -0.4 is 11.2 Å². The number of nitro groups is 1. The predicted molar refractivity (Wildman–Crippen MR) is 61.6 cm³/mol. The molecule has 0 atom stereocenters. The number of halogens is 3. The van der Waals surface area contributed by atoms with Crippen molar-refractivity contribution in [3.8, 4) is 6.07 Å². The number of rotatable bonds is 4. The highest BCUT2D eigenvalue weighted by atomic mass is 19.2. The number of hydrogen-bond acceptors (Lipinski definition) is 6. The summed E-state index contributed by atoms with van der Waals surface area (Å²) in [6.07, 6.45) is 0. The maximum atomic E-state index is 13.4. The summed E-state index contributed by atoms with van der Waals surface area (Å²) in [6, 6.07) is 1.49. The van der Waals surface area contributed by atoms with Gasteiger partial charge in [0.2, 0.25) is 5.71 Å². The molecule has 0 aliphatic rings. The van der Waals surface area contributed by atoms with E-state index in [1.165, 1.54) is 6.07 Å². The van der Waals surface area contributed by atoms with Gasteiger partial charge in [-0.05, 0) is 0 Å². The number of nitrogens with one attached hydrogen (secondary N) is 2. The fraction of sp³-hybridized carbons (Fsp3) is 0. The third kappa shape index (κ3) is 2.80. The Bertz CT molecular complexity index is 667. The van der Waals surface area contributed by atoms with Crippen molar-refractivity contribution < 1.29 is 18.1 Å². The lowest BCUT2D eigenvalue weighted by molar-refractivity contribution is -0.384. The van der Waals surface area contributed by atoms with Crippen molar-refractivity contribution in [1.82, 2.24) is 0 Å². The highest BCUT2D eigenvalue weighted by Crippen LogP contribution is 2.31. The van der Waals surface area contributed by atoms with Crippen LogP contribution in [0.2, 0.25) is 0 Å². The van der Waals surface area contributed by atoms with Gasteiger partial charge in [0.1, 0.15) is 6.07 Å². The maximum Gasteiger partial charge on any atom is 0.300 e. The number of nitro benzene ring substituents is 1. The Morgan fingerprint density at radius 1 is 1.50 bits per heavy atom. The molecule has 0 aliphatic carbocycles. The zero-order valence-electron chi connectivity index (χ0n) is 9.45. The third-order valence-corrected chi connectivity index (χ3v) is 1.98. The topological polar surface area (TPSA) is 141 Å². The van der Waals surface area contributed by atoms with Crippen LogP contribution in [0.25, 0.3) is 0 Å². The van der Waals surface area contributed by atoms with Gasteiger partial charge in [-0.15, -0.1) is 0 Å². The van der Waals surface area contributed by atoms with Gasteiger partial charge in [-0.3, -0.25) is 20.9 Å². The van der Waals surface area contributed by atoms with Gasteiger partial charge in [-0.25, -0.2) is 13.2 Å². The first kappa shape index (κ1) is 14.9. The quantitative estimate of drug-likeness (QED) is 0.251. The van der Waals surface area contributed by atoms with Crippen LogP contribution in [0.5, 0.6) is 0 Å². The Morgan fingerprint density at radius 2 is 2.10 bits per heavy atom. The lowest BCUT2D eigenvalue weighted by Crippen LogP contribution is -2.22. The molecule has 20 heavy (non-hydrogen) atoms. The SMILES string of the molecule is N#C/C(=N\Nc1c([N+](=O)[O-])cc(F)c(F)c1F)C(=N)N. The maximum absolute atomic E-state index is 13.4. The van der Waals surface area contributed by atoms with E-state index in [1.807, 2.05) is 0 Å². The van der Waals surface area contributed by atoms with Crippen molar-refractivity contribution >= 4 is 22.9 Å². The molecule has 0 saturated carbocycles. The fourth-order valence-electron chi connectivity index (χ4n) is 1.09. The Hall–Kier alpha value is -3.16. The summed E-state index contributed by atoms with van der Waals surface area (Å²) in [4.78, 5) is 9.44. The molecule has 0 aliphatic heterocycles. The van der Waals surface area contributed by atoms with Gasteiger partial charge in [-0.2, -0.15) is 10.4 Å². The van der Waals surface area contributed by atoms with E-state index in [1.54, 1.807) is 5.43 Å². The van der Waals surface area contributed by atoms with Gasteiger partial charge in [0.25, 0.3) is 5.69 Å². The minimum absolute atomic E-state index is 0.149. The summed E-state index contributed by atoms with van der Waals surface area (Å²) in [5.74, 6) is -6.39. The normalized spacial score (nSPS) is 10.8. The Morgan fingerprint density at radius 3 is 2.55 bits per heavy atom. The van der Waals surface area contributed by atoms with Crippen LogP contribution in [0, 0.1) is 44.3 Å². The number of benzene rings is 1. The number of nitriles is 1. The first-order chi connectivity index (χ1) is 9.29. The van der Waals surface area contributed by atoms with Crippen molar-refractivity contribution in [2.75, 3.05) is 5.43 Å². The monoisotopic (exact) mass is 286 g/mol. The second kappa shape index (κ2) is 5.65. The van der Waals surface area contributed by atoms with Gasteiger partial charge in [0, 0.05) is 0 Å². The molecule has 0 bridgehead atoms. The van der Waals surface area contributed by atoms with Crippen LogP contribution in [0.3, 0.4) is 0 Å². The molecular weight excluding hydrogens is 281 g/mol. The van der Waals surface area contributed by atoms with Crippen molar-refractivity contribution in [2.24, 2.45) is 10.8 Å².